The van der Waals surface area contributed by atoms with Gasteiger partial charge in [0.05, 0.1) is 0 Å². The molecule has 0 amide bonds. The summed E-state index contributed by atoms with van der Waals surface area (Å²) in [5.41, 5.74) is 10.1. The Labute approximate surface area is 105 Å². The minimum atomic E-state index is 0.401. The van der Waals surface area contributed by atoms with Gasteiger partial charge in [-0.25, -0.2) is 0 Å². The Bertz CT molecular complexity index is 366. The Balaban J connectivity index is 2.22. The van der Waals surface area contributed by atoms with Crippen molar-refractivity contribution in [3.8, 4) is 0 Å². The minimum absolute atomic E-state index is 0.401. The lowest BCUT2D eigenvalue weighted by Crippen LogP contribution is -2.32. The van der Waals surface area contributed by atoms with Crippen molar-refractivity contribution in [2.45, 2.75) is 33.2 Å². The van der Waals surface area contributed by atoms with E-state index >= 15 is 0 Å². The monoisotopic (exact) mass is 232 g/mol. The quantitative estimate of drug-likeness (QED) is 0.868. The highest BCUT2D eigenvalue weighted by Gasteiger charge is 2.26. The third-order valence-corrected chi connectivity index (χ3v) is 3.75. The van der Waals surface area contributed by atoms with Crippen molar-refractivity contribution in [1.82, 2.24) is 4.90 Å². The van der Waals surface area contributed by atoms with Crippen molar-refractivity contribution in [3.05, 3.63) is 34.9 Å². The molecule has 1 saturated heterocycles. The van der Waals surface area contributed by atoms with Gasteiger partial charge in [-0.15, -0.1) is 0 Å². The molecule has 1 aliphatic heterocycles. The number of hydrogen-bond acceptors (Lipinski definition) is 2. The van der Waals surface area contributed by atoms with Crippen molar-refractivity contribution < 1.29 is 0 Å². The van der Waals surface area contributed by atoms with E-state index in [1.54, 1.807) is 0 Å². The lowest BCUT2D eigenvalue weighted by atomic mass is 10.0. The van der Waals surface area contributed by atoms with Crippen molar-refractivity contribution >= 4 is 0 Å². The molecule has 1 aromatic rings. The van der Waals surface area contributed by atoms with E-state index in [1.807, 2.05) is 0 Å². The molecule has 17 heavy (non-hydrogen) atoms. The molecule has 2 atom stereocenters. The molecule has 1 heterocycles. The molecule has 0 saturated carbocycles. The Morgan fingerprint density at radius 3 is 2.41 bits per heavy atom. The van der Waals surface area contributed by atoms with E-state index in [9.17, 15) is 0 Å². The van der Waals surface area contributed by atoms with Gasteiger partial charge in [-0.3, -0.25) is 4.90 Å². The molecule has 0 spiro atoms. The van der Waals surface area contributed by atoms with Crippen LogP contribution in [0.25, 0.3) is 0 Å². The third kappa shape index (κ3) is 2.88. The van der Waals surface area contributed by atoms with Gasteiger partial charge in [-0.05, 0) is 38.3 Å². The summed E-state index contributed by atoms with van der Waals surface area (Å²) >= 11 is 0. The van der Waals surface area contributed by atoms with E-state index in [4.69, 9.17) is 5.73 Å². The van der Waals surface area contributed by atoms with Crippen LogP contribution in [0.15, 0.2) is 18.2 Å². The van der Waals surface area contributed by atoms with Gasteiger partial charge in [-0.2, -0.15) is 0 Å². The highest BCUT2D eigenvalue weighted by Crippen LogP contribution is 2.27. The van der Waals surface area contributed by atoms with Gasteiger partial charge < -0.3 is 5.73 Å². The second-order valence-corrected chi connectivity index (χ2v) is 5.56. The van der Waals surface area contributed by atoms with Gasteiger partial charge in [0.2, 0.25) is 0 Å². The molecule has 1 fully saturated rings. The first-order chi connectivity index (χ1) is 8.10. The smallest absolute Gasteiger partial charge is 0.0470 e. The molecule has 2 rings (SSSR count). The van der Waals surface area contributed by atoms with Gasteiger partial charge in [0.15, 0.2) is 0 Å². The third-order valence-electron chi connectivity index (χ3n) is 3.75. The fraction of sp³-hybridized carbons (Fsp3) is 0.600. The summed E-state index contributed by atoms with van der Waals surface area (Å²) in [7, 11) is 0. The first-order valence-corrected chi connectivity index (χ1v) is 6.62. The van der Waals surface area contributed by atoms with Gasteiger partial charge >= 0.3 is 0 Å². The van der Waals surface area contributed by atoms with Crippen LogP contribution in [0.1, 0.15) is 36.1 Å². The Hall–Kier alpha value is -0.860. The zero-order chi connectivity index (χ0) is 12.4. The topological polar surface area (TPSA) is 29.3 Å². The van der Waals surface area contributed by atoms with E-state index < -0.39 is 0 Å². The summed E-state index contributed by atoms with van der Waals surface area (Å²) in [5, 5.41) is 0. The van der Waals surface area contributed by atoms with Crippen molar-refractivity contribution in [3.63, 3.8) is 0 Å². The molecule has 0 aliphatic carbocycles. The summed E-state index contributed by atoms with van der Waals surface area (Å²) < 4.78 is 0. The minimum Gasteiger partial charge on any atom is -0.329 e. The lowest BCUT2D eigenvalue weighted by Gasteiger charge is -2.27. The van der Waals surface area contributed by atoms with Crippen LogP contribution in [-0.4, -0.2) is 24.5 Å². The average molecular weight is 232 g/mol. The SMILES string of the molecule is Cc1cc(C)cc(C(CN)N2CCC(C)C2)c1. The summed E-state index contributed by atoms with van der Waals surface area (Å²) in [6.45, 7) is 9.75. The predicted octanol–water partition coefficient (Wildman–Crippen LogP) is 2.65. The van der Waals surface area contributed by atoms with Crippen molar-refractivity contribution in [2.75, 3.05) is 19.6 Å². The summed E-state index contributed by atoms with van der Waals surface area (Å²) in [6, 6.07) is 7.20. The standard InChI is InChI=1S/C15H24N2/c1-11-4-5-17(10-11)15(9-16)14-7-12(2)6-13(3)8-14/h6-8,11,15H,4-5,9-10,16H2,1-3H3. The fourth-order valence-electron chi connectivity index (χ4n) is 2.95. The first-order valence-electron chi connectivity index (χ1n) is 6.62. The van der Waals surface area contributed by atoms with Gasteiger partial charge in [-0.1, -0.05) is 36.2 Å². The zero-order valence-corrected chi connectivity index (χ0v) is 11.2. The predicted molar refractivity (Wildman–Crippen MR) is 73.1 cm³/mol. The van der Waals surface area contributed by atoms with E-state index in [0.29, 0.717) is 6.04 Å². The Morgan fingerprint density at radius 2 is 1.94 bits per heavy atom. The molecule has 0 radical (unpaired) electrons. The van der Waals surface area contributed by atoms with Crippen molar-refractivity contribution in [1.29, 1.82) is 0 Å². The maximum atomic E-state index is 5.99. The van der Waals surface area contributed by atoms with E-state index in [2.05, 4.69) is 43.9 Å². The highest BCUT2D eigenvalue weighted by molar-refractivity contribution is 5.31. The zero-order valence-electron chi connectivity index (χ0n) is 11.2. The van der Waals surface area contributed by atoms with E-state index in [0.717, 1.165) is 12.5 Å². The summed E-state index contributed by atoms with van der Waals surface area (Å²) in [4.78, 5) is 2.54. The number of hydrogen-bond donors (Lipinski definition) is 1. The Morgan fingerprint density at radius 1 is 1.29 bits per heavy atom. The number of rotatable bonds is 3. The van der Waals surface area contributed by atoms with Crippen LogP contribution in [0.5, 0.6) is 0 Å². The van der Waals surface area contributed by atoms with Gasteiger partial charge in [0.25, 0.3) is 0 Å². The highest BCUT2D eigenvalue weighted by atomic mass is 15.2. The molecular formula is C15H24N2. The molecule has 2 heteroatoms. The number of nitrogens with zero attached hydrogens (tertiary/aromatic N) is 1. The normalized spacial score (nSPS) is 22.9. The largest absolute Gasteiger partial charge is 0.329 e. The van der Waals surface area contributed by atoms with Gasteiger partial charge in [0.1, 0.15) is 0 Å². The second kappa shape index (κ2) is 5.19. The molecular weight excluding hydrogens is 208 g/mol. The molecule has 94 valence electrons. The molecule has 0 aromatic heterocycles. The van der Waals surface area contributed by atoms with Crippen LogP contribution in [0.3, 0.4) is 0 Å². The summed E-state index contributed by atoms with van der Waals surface area (Å²) in [5.74, 6) is 0.815. The molecule has 1 aliphatic rings. The van der Waals surface area contributed by atoms with Crippen LogP contribution >= 0.6 is 0 Å². The second-order valence-electron chi connectivity index (χ2n) is 5.56. The number of nitrogens with two attached hydrogens (primary N) is 1. The van der Waals surface area contributed by atoms with E-state index in [1.165, 1.54) is 36.2 Å². The maximum absolute atomic E-state index is 5.99. The van der Waals surface area contributed by atoms with Crippen LogP contribution in [0.4, 0.5) is 0 Å². The van der Waals surface area contributed by atoms with Crippen molar-refractivity contribution in [2.24, 2.45) is 11.7 Å². The first kappa shape index (κ1) is 12.6. The fourth-order valence-corrected chi connectivity index (χ4v) is 2.95. The molecule has 1 aromatic carbocycles. The average Bonchev–Trinajstić information content (AvgIpc) is 2.64. The Kier molecular flexibility index (Phi) is 3.85. The molecule has 2 unspecified atom stereocenters. The van der Waals surface area contributed by atoms with Crippen LogP contribution in [-0.2, 0) is 0 Å². The lowest BCUT2D eigenvalue weighted by molar-refractivity contribution is 0.243. The number of aryl methyl sites for hydroxylation is 2. The molecule has 2 nitrogen and oxygen atoms in total. The maximum Gasteiger partial charge on any atom is 0.0470 e. The van der Waals surface area contributed by atoms with Gasteiger partial charge in [0, 0.05) is 19.1 Å². The number of likely N-dealkylation sites (tertiary alicyclic amines) is 1. The van der Waals surface area contributed by atoms with E-state index in [-0.39, 0.29) is 0 Å². The van der Waals surface area contributed by atoms with Crippen LogP contribution < -0.4 is 5.73 Å². The van der Waals surface area contributed by atoms with Crippen LogP contribution in [0.2, 0.25) is 0 Å². The summed E-state index contributed by atoms with van der Waals surface area (Å²) in [6.07, 6.45) is 1.31. The van der Waals surface area contributed by atoms with Crippen LogP contribution in [0, 0.1) is 19.8 Å². The molecule has 2 N–H and O–H groups in total. The molecule has 0 bridgehead atoms. The number of benzene rings is 1.